The summed E-state index contributed by atoms with van der Waals surface area (Å²) in [6.45, 7) is 4.72. The Hall–Kier alpha value is -2.90. The Morgan fingerprint density at radius 1 is 1.13 bits per heavy atom. The van der Waals surface area contributed by atoms with E-state index in [1.54, 1.807) is 17.2 Å². The molecule has 0 spiro atoms. The van der Waals surface area contributed by atoms with Crippen LogP contribution in [0.15, 0.2) is 42.6 Å². The van der Waals surface area contributed by atoms with Gasteiger partial charge in [0.05, 0.1) is 5.56 Å². The van der Waals surface area contributed by atoms with E-state index < -0.39 is 11.7 Å². The first-order valence-electron chi connectivity index (χ1n) is 10.3. The first-order chi connectivity index (χ1) is 14.6. The number of hydrogen-bond donors (Lipinski definition) is 1. The minimum absolute atomic E-state index is 0.0496. The zero-order valence-electron chi connectivity index (χ0n) is 17.6. The maximum absolute atomic E-state index is 12.7. The maximum atomic E-state index is 12.7. The third-order valence-electron chi connectivity index (χ3n) is 5.67. The Morgan fingerprint density at radius 3 is 2.32 bits per heavy atom. The molecule has 1 unspecified atom stereocenters. The zero-order chi connectivity index (χ0) is 22.6. The van der Waals surface area contributed by atoms with E-state index in [1.807, 2.05) is 19.9 Å². The number of hydrogen-bond acceptors (Lipinski definition) is 3. The van der Waals surface area contributed by atoms with Gasteiger partial charge in [-0.3, -0.25) is 9.59 Å². The summed E-state index contributed by atoms with van der Waals surface area (Å²) in [4.78, 5) is 31.0. The second kappa shape index (κ2) is 9.49. The molecule has 0 bridgehead atoms. The van der Waals surface area contributed by atoms with Crippen molar-refractivity contribution in [2.45, 2.75) is 45.2 Å². The molecule has 0 aliphatic carbocycles. The van der Waals surface area contributed by atoms with E-state index in [-0.39, 0.29) is 30.1 Å². The number of carbonyl (C=O) groups excluding carboxylic acids is 2. The van der Waals surface area contributed by atoms with Gasteiger partial charge < -0.3 is 10.2 Å². The lowest BCUT2D eigenvalue weighted by molar-refractivity contribution is -0.137. The molecule has 8 heteroatoms. The number of pyridine rings is 1. The van der Waals surface area contributed by atoms with Gasteiger partial charge in [-0.1, -0.05) is 25.1 Å². The quantitative estimate of drug-likeness (QED) is 0.738. The lowest BCUT2D eigenvalue weighted by Gasteiger charge is -2.32. The Morgan fingerprint density at radius 2 is 1.77 bits per heavy atom. The van der Waals surface area contributed by atoms with Crippen LogP contribution in [0.4, 0.5) is 19.0 Å². The van der Waals surface area contributed by atoms with Crippen LogP contribution >= 0.6 is 0 Å². The Kier molecular flexibility index (Phi) is 6.97. The fourth-order valence-corrected chi connectivity index (χ4v) is 3.67. The van der Waals surface area contributed by atoms with E-state index in [1.165, 1.54) is 12.1 Å². The number of benzene rings is 1. The molecule has 5 nitrogen and oxygen atoms in total. The number of nitrogens with zero attached hydrogens (tertiary/aromatic N) is 2. The highest BCUT2D eigenvalue weighted by Crippen LogP contribution is 2.31. The van der Waals surface area contributed by atoms with E-state index in [9.17, 15) is 22.8 Å². The molecule has 3 rings (SSSR count). The predicted octanol–water partition coefficient (Wildman–Crippen LogP) is 4.78. The molecular formula is C23H26F3N3O2. The largest absolute Gasteiger partial charge is 0.416 e. The number of rotatable bonds is 5. The molecule has 0 radical (unpaired) electrons. The molecule has 2 amide bonds. The van der Waals surface area contributed by atoms with Crippen LogP contribution in [0.5, 0.6) is 0 Å². The number of aromatic nitrogens is 1. The molecule has 1 aromatic carbocycles. The topological polar surface area (TPSA) is 62.3 Å². The van der Waals surface area contributed by atoms with Crippen LogP contribution < -0.4 is 5.32 Å². The molecule has 1 saturated heterocycles. The van der Waals surface area contributed by atoms with Crippen LogP contribution in [0.3, 0.4) is 0 Å². The van der Waals surface area contributed by atoms with Gasteiger partial charge in [0.2, 0.25) is 11.8 Å². The van der Waals surface area contributed by atoms with E-state index in [0.717, 1.165) is 17.7 Å². The van der Waals surface area contributed by atoms with Crippen molar-refractivity contribution in [1.29, 1.82) is 0 Å². The highest BCUT2D eigenvalue weighted by molar-refractivity contribution is 5.91. The molecule has 0 saturated carbocycles. The van der Waals surface area contributed by atoms with Crippen molar-refractivity contribution < 1.29 is 22.8 Å². The van der Waals surface area contributed by atoms with Crippen LogP contribution in [0.1, 0.15) is 48.8 Å². The van der Waals surface area contributed by atoms with Gasteiger partial charge >= 0.3 is 6.18 Å². The van der Waals surface area contributed by atoms with Crippen molar-refractivity contribution in [1.82, 2.24) is 9.88 Å². The third-order valence-corrected chi connectivity index (χ3v) is 5.67. The van der Waals surface area contributed by atoms with Crippen LogP contribution in [-0.4, -0.2) is 34.8 Å². The van der Waals surface area contributed by atoms with Gasteiger partial charge in [-0.2, -0.15) is 13.2 Å². The molecule has 1 N–H and O–H groups in total. The molecule has 1 aliphatic rings. The van der Waals surface area contributed by atoms with Gasteiger partial charge in [0.1, 0.15) is 5.82 Å². The summed E-state index contributed by atoms with van der Waals surface area (Å²) in [7, 11) is 0. The van der Waals surface area contributed by atoms with Crippen molar-refractivity contribution in [3.63, 3.8) is 0 Å². The molecule has 31 heavy (non-hydrogen) atoms. The maximum Gasteiger partial charge on any atom is 0.416 e. The lowest BCUT2D eigenvalue weighted by atomic mass is 9.93. The van der Waals surface area contributed by atoms with Crippen molar-refractivity contribution in [3.8, 4) is 0 Å². The third kappa shape index (κ3) is 6.06. The first kappa shape index (κ1) is 22.8. The molecule has 2 aromatic rings. The van der Waals surface area contributed by atoms with E-state index >= 15 is 0 Å². The molecular weight excluding hydrogens is 407 g/mol. The normalized spacial score (nSPS) is 16.1. The summed E-state index contributed by atoms with van der Waals surface area (Å²) in [5.41, 5.74) is 1.01. The number of nitrogens with one attached hydrogen (secondary N) is 1. The summed E-state index contributed by atoms with van der Waals surface area (Å²) in [5, 5.41) is 2.82. The minimum Gasteiger partial charge on any atom is -0.343 e. The summed E-state index contributed by atoms with van der Waals surface area (Å²) in [5.74, 6) is -0.00425. The van der Waals surface area contributed by atoms with Crippen molar-refractivity contribution >= 4 is 17.6 Å². The molecule has 166 valence electrons. The standard InChI is InChI=1S/C23H26F3N3O2/c1-15-3-8-20(27-14-15)28-22(31)18-9-11-29(12-10-18)21(30)13-16(2)17-4-6-19(7-5-17)23(24,25)26/h3-8,14,16,18H,9-13H2,1-2H3,(H,27,28,31). The van der Waals surface area contributed by atoms with Gasteiger partial charge in [0.15, 0.2) is 0 Å². The van der Waals surface area contributed by atoms with Crippen LogP contribution in [-0.2, 0) is 15.8 Å². The number of halogens is 3. The van der Waals surface area contributed by atoms with Crippen LogP contribution in [0, 0.1) is 12.8 Å². The number of piperidine rings is 1. The Labute approximate surface area is 179 Å². The number of likely N-dealkylation sites (tertiary alicyclic amines) is 1. The second-order valence-corrected chi connectivity index (χ2v) is 8.09. The fourth-order valence-electron chi connectivity index (χ4n) is 3.67. The number of alkyl halides is 3. The van der Waals surface area contributed by atoms with Crippen molar-refractivity contribution in [3.05, 3.63) is 59.3 Å². The average Bonchev–Trinajstić information content (AvgIpc) is 2.75. The minimum atomic E-state index is -4.37. The number of aryl methyl sites for hydroxylation is 1. The molecule has 1 aromatic heterocycles. The fraction of sp³-hybridized carbons (Fsp3) is 0.435. The zero-order valence-corrected chi connectivity index (χ0v) is 17.6. The molecule has 1 aliphatic heterocycles. The van der Waals surface area contributed by atoms with Crippen LogP contribution in [0.25, 0.3) is 0 Å². The van der Waals surface area contributed by atoms with Gasteiger partial charge in [0, 0.05) is 31.6 Å². The van der Waals surface area contributed by atoms with Gasteiger partial charge in [0.25, 0.3) is 0 Å². The first-order valence-corrected chi connectivity index (χ1v) is 10.3. The summed E-state index contributed by atoms with van der Waals surface area (Å²) < 4.78 is 38.1. The molecule has 1 fully saturated rings. The van der Waals surface area contributed by atoms with Crippen LogP contribution in [0.2, 0.25) is 0 Å². The second-order valence-electron chi connectivity index (χ2n) is 8.09. The summed E-state index contributed by atoms with van der Waals surface area (Å²) in [6.07, 6.45) is -1.33. The monoisotopic (exact) mass is 433 g/mol. The number of carbonyl (C=O) groups is 2. The highest BCUT2D eigenvalue weighted by atomic mass is 19.4. The molecule has 2 heterocycles. The van der Waals surface area contributed by atoms with Gasteiger partial charge in [-0.15, -0.1) is 0 Å². The summed E-state index contributed by atoms with van der Waals surface area (Å²) >= 11 is 0. The van der Waals surface area contributed by atoms with E-state index in [2.05, 4.69) is 10.3 Å². The van der Waals surface area contributed by atoms with Crippen molar-refractivity contribution in [2.24, 2.45) is 5.92 Å². The SMILES string of the molecule is Cc1ccc(NC(=O)C2CCN(C(=O)CC(C)c3ccc(C(F)(F)F)cc3)CC2)nc1. The highest BCUT2D eigenvalue weighted by Gasteiger charge is 2.31. The average molecular weight is 433 g/mol. The predicted molar refractivity (Wildman–Crippen MR) is 111 cm³/mol. The number of anilines is 1. The van der Waals surface area contributed by atoms with Crippen molar-refractivity contribution in [2.75, 3.05) is 18.4 Å². The smallest absolute Gasteiger partial charge is 0.343 e. The Bertz CT molecular complexity index is 903. The summed E-state index contributed by atoms with van der Waals surface area (Å²) in [6, 6.07) is 8.58. The molecule has 1 atom stereocenters. The van der Waals surface area contributed by atoms with E-state index in [0.29, 0.717) is 37.3 Å². The van der Waals surface area contributed by atoms with Gasteiger partial charge in [-0.25, -0.2) is 4.98 Å². The van der Waals surface area contributed by atoms with Gasteiger partial charge in [-0.05, 0) is 55.0 Å². The van der Waals surface area contributed by atoms with E-state index in [4.69, 9.17) is 0 Å². The lowest BCUT2D eigenvalue weighted by Crippen LogP contribution is -2.41. The number of amides is 2. The Balaban J connectivity index is 1.48.